The monoisotopic (exact) mass is 429 g/mol. The van der Waals surface area contributed by atoms with Gasteiger partial charge < -0.3 is 14.7 Å². The summed E-state index contributed by atoms with van der Waals surface area (Å²) in [6.45, 7) is 3.24. The molecule has 0 saturated carbocycles. The number of carboxylic acid groups (broad SMARTS) is 1. The van der Waals surface area contributed by atoms with Gasteiger partial charge in [-0.15, -0.1) is 0 Å². The van der Waals surface area contributed by atoms with Crippen molar-refractivity contribution in [3.8, 4) is 16.9 Å². The summed E-state index contributed by atoms with van der Waals surface area (Å²) in [5.41, 5.74) is 1.57. The van der Waals surface area contributed by atoms with Crippen molar-refractivity contribution in [2.75, 3.05) is 11.9 Å². The average molecular weight is 429 g/mol. The lowest BCUT2D eigenvalue weighted by atomic mass is 10.0. The Balaban J connectivity index is 2.05. The molecule has 4 nitrogen and oxygen atoms in total. The van der Waals surface area contributed by atoms with E-state index in [0.29, 0.717) is 16.7 Å². The van der Waals surface area contributed by atoms with Gasteiger partial charge in [-0.1, -0.05) is 25.1 Å². The van der Waals surface area contributed by atoms with Gasteiger partial charge in [0.25, 0.3) is 0 Å². The number of hydrogen-bond donors (Lipinski definition) is 1. The summed E-state index contributed by atoms with van der Waals surface area (Å²) >= 11 is 0. The maximum atomic E-state index is 14.8. The van der Waals surface area contributed by atoms with Crippen LogP contribution in [0.2, 0.25) is 0 Å². The molecular weight excluding hydrogens is 407 g/mol. The molecule has 0 aromatic heterocycles. The SMILES string of the molecule is CCC(Oc1ccc(F)c(N(C)c2cc(-c3cccc(F)c3)ccc2F)c1C)C(=O)O. The van der Waals surface area contributed by atoms with E-state index in [1.807, 2.05) is 0 Å². The first kappa shape index (κ1) is 22.2. The van der Waals surface area contributed by atoms with Gasteiger partial charge in [-0.25, -0.2) is 18.0 Å². The summed E-state index contributed by atoms with van der Waals surface area (Å²) < 4.78 is 48.6. The van der Waals surface area contributed by atoms with E-state index in [4.69, 9.17) is 4.74 Å². The molecule has 0 bridgehead atoms. The molecule has 1 atom stereocenters. The zero-order valence-electron chi connectivity index (χ0n) is 17.3. The van der Waals surface area contributed by atoms with Gasteiger partial charge in [0.05, 0.1) is 11.4 Å². The number of carboxylic acids is 1. The van der Waals surface area contributed by atoms with Crippen LogP contribution in [0, 0.1) is 24.4 Å². The molecule has 0 heterocycles. The minimum Gasteiger partial charge on any atom is -0.479 e. The molecule has 31 heavy (non-hydrogen) atoms. The molecule has 0 radical (unpaired) electrons. The van der Waals surface area contributed by atoms with Crippen molar-refractivity contribution in [1.82, 2.24) is 0 Å². The summed E-state index contributed by atoms with van der Waals surface area (Å²) in [5.74, 6) is -2.57. The van der Waals surface area contributed by atoms with E-state index < -0.39 is 29.5 Å². The fourth-order valence-electron chi connectivity index (χ4n) is 3.39. The fourth-order valence-corrected chi connectivity index (χ4v) is 3.39. The van der Waals surface area contributed by atoms with E-state index in [1.165, 1.54) is 48.3 Å². The van der Waals surface area contributed by atoms with E-state index in [1.54, 1.807) is 26.0 Å². The van der Waals surface area contributed by atoms with E-state index in [9.17, 15) is 23.1 Å². The van der Waals surface area contributed by atoms with Crippen molar-refractivity contribution in [2.24, 2.45) is 0 Å². The van der Waals surface area contributed by atoms with E-state index in [0.717, 1.165) is 6.07 Å². The molecule has 3 aromatic rings. The van der Waals surface area contributed by atoms with Gasteiger partial charge in [0.1, 0.15) is 23.2 Å². The van der Waals surface area contributed by atoms with Crippen LogP contribution < -0.4 is 9.64 Å². The van der Waals surface area contributed by atoms with Crippen molar-refractivity contribution in [2.45, 2.75) is 26.4 Å². The number of halogens is 3. The minimum atomic E-state index is -1.13. The smallest absolute Gasteiger partial charge is 0.344 e. The zero-order chi connectivity index (χ0) is 22.7. The first-order chi connectivity index (χ1) is 14.7. The third kappa shape index (κ3) is 4.66. The second kappa shape index (κ2) is 9.12. The Bertz CT molecular complexity index is 1120. The summed E-state index contributed by atoms with van der Waals surface area (Å²) in [5, 5.41) is 9.25. The van der Waals surface area contributed by atoms with Gasteiger partial charge >= 0.3 is 5.97 Å². The second-order valence-corrected chi connectivity index (χ2v) is 7.11. The summed E-state index contributed by atoms with van der Waals surface area (Å²) in [6.07, 6.45) is -0.864. The average Bonchev–Trinajstić information content (AvgIpc) is 2.73. The number of benzene rings is 3. The maximum Gasteiger partial charge on any atom is 0.344 e. The zero-order valence-corrected chi connectivity index (χ0v) is 17.3. The molecule has 3 rings (SSSR count). The normalized spacial score (nSPS) is 11.8. The topological polar surface area (TPSA) is 49.8 Å². The number of carbonyl (C=O) groups is 1. The molecule has 0 spiro atoms. The highest BCUT2D eigenvalue weighted by Crippen LogP contribution is 2.37. The van der Waals surface area contributed by atoms with Gasteiger partial charge in [0, 0.05) is 12.6 Å². The Hall–Kier alpha value is -3.48. The van der Waals surface area contributed by atoms with Crippen LogP contribution >= 0.6 is 0 Å². The summed E-state index contributed by atoms with van der Waals surface area (Å²) in [7, 11) is 1.50. The largest absolute Gasteiger partial charge is 0.479 e. The quantitative estimate of drug-likeness (QED) is 0.494. The van der Waals surface area contributed by atoms with Gasteiger partial charge in [-0.05, 0) is 60.9 Å². The lowest BCUT2D eigenvalue weighted by Gasteiger charge is -2.25. The fraction of sp³-hybridized carbons (Fsp3) is 0.208. The number of ether oxygens (including phenoxy) is 1. The second-order valence-electron chi connectivity index (χ2n) is 7.11. The molecule has 0 amide bonds. The van der Waals surface area contributed by atoms with Gasteiger partial charge in [0.2, 0.25) is 0 Å². The lowest BCUT2D eigenvalue weighted by molar-refractivity contribution is -0.145. The van der Waals surface area contributed by atoms with E-state index >= 15 is 0 Å². The highest BCUT2D eigenvalue weighted by atomic mass is 19.1. The molecule has 0 aliphatic carbocycles. The molecule has 3 aromatic carbocycles. The highest BCUT2D eigenvalue weighted by Gasteiger charge is 2.23. The highest BCUT2D eigenvalue weighted by molar-refractivity contribution is 5.76. The number of nitrogens with zero attached hydrogens (tertiary/aromatic N) is 1. The molecule has 0 aliphatic heterocycles. The summed E-state index contributed by atoms with van der Waals surface area (Å²) in [6, 6.07) is 12.6. The van der Waals surface area contributed by atoms with Crippen LogP contribution in [0.4, 0.5) is 24.5 Å². The predicted octanol–water partition coefficient (Wildman–Crippen LogP) is 6.09. The van der Waals surface area contributed by atoms with Gasteiger partial charge in [-0.3, -0.25) is 0 Å². The van der Waals surface area contributed by atoms with Crippen molar-refractivity contribution >= 4 is 17.3 Å². The van der Waals surface area contributed by atoms with Crippen LogP contribution in [0.15, 0.2) is 54.6 Å². The van der Waals surface area contributed by atoms with Crippen LogP contribution in [-0.2, 0) is 4.79 Å². The van der Waals surface area contributed by atoms with Gasteiger partial charge in [-0.2, -0.15) is 0 Å². The number of aliphatic carboxylic acids is 1. The van der Waals surface area contributed by atoms with Crippen LogP contribution in [0.25, 0.3) is 11.1 Å². The maximum absolute atomic E-state index is 14.8. The molecule has 162 valence electrons. The first-order valence-corrected chi connectivity index (χ1v) is 9.70. The molecule has 0 aliphatic rings. The molecule has 1 N–H and O–H groups in total. The van der Waals surface area contributed by atoms with Gasteiger partial charge in [0.15, 0.2) is 6.10 Å². The Kier molecular flexibility index (Phi) is 6.53. The van der Waals surface area contributed by atoms with Crippen molar-refractivity contribution in [3.05, 3.63) is 77.6 Å². The van der Waals surface area contributed by atoms with E-state index in [-0.39, 0.29) is 23.5 Å². The van der Waals surface area contributed by atoms with Crippen molar-refractivity contribution in [1.29, 1.82) is 0 Å². The summed E-state index contributed by atoms with van der Waals surface area (Å²) in [4.78, 5) is 12.6. The lowest BCUT2D eigenvalue weighted by Crippen LogP contribution is -2.26. The Morgan fingerprint density at radius 1 is 1.03 bits per heavy atom. The molecular formula is C24H22F3NO3. The Morgan fingerprint density at radius 3 is 2.35 bits per heavy atom. The minimum absolute atomic E-state index is 0.0491. The third-order valence-electron chi connectivity index (χ3n) is 5.05. The third-order valence-corrected chi connectivity index (χ3v) is 5.05. The number of hydrogen-bond acceptors (Lipinski definition) is 3. The number of rotatable bonds is 7. The molecule has 0 fully saturated rings. The van der Waals surface area contributed by atoms with Crippen LogP contribution in [-0.4, -0.2) is 24.2 Å². The molecule has 1 unspecified atom stereocenters. The van der Waals surface area contributed by atoms with Crippen molar-refractivity contribution < 1.29 is 27.8 Å². The Morgan fingerprint density at radius 2 is 1.71 bits per heavy atom. The first-order valence-electron chi connectivity index (χ1n) is 9.70. The predicted molar refractivity (Wildman–Crippen MR) is 113 cm³/mol. The van der Waals surface area contributed by atoms with Crippen LogP contribution in [0.3, 0.4) is 0 Å². The number of anilines is 2. The molecule has 7 heteroatoms. The van der Waals surface area contributed by atoms with Crippen molar-refractivity contribution in [3.63, 3.8) is 0 Å². The van der Waals surface area contributed by atoms with Crippen LogP contribution in [0.1, 0.15) is 18.9 Å². The van der Waals surface area contributed by atoms with E-state index in [2.05, 4.69) is 0 Å². The standard InChI is InChI=1S/C24H22F3NO3/c1-4-21(24(29)30)31-22-11-10-19(27)23(14(22)2)28(3)20-13-16(8-9-18(20)26)15-6-5-7-17(25)12-15/h5-13,21H,4H2,1-3H3,(H,29,30). The molecule has 0 saturated heterocycles. The Labute approximate surface area is 178 Å². The van der Waals surface area contributed by atoms with Crippen LogP contribution in [0.5, 0.6) is 5.75 Å².